The molecule has 1 rings (SSSR count). The molecular weight excluding hydrogens is 240 g/mol. The van der Waals surface area contributed by atoms with Crippen LogP contribution in [0, 0.1) is 0 Å². The monoisotopic (exact) mass is 266 g/mol. The van der Waals surface area contributed by atoms with Gasteiger partial charge in [-0.05, 0) is 52.2 Å². The number of aliphatic hydroxyl groups is 2. The van der Waals surface area contributed by atoms with Crippen LogP contribution >= 0.6 is 0 Å². The van der Waals surface area contributed by atoms with Crippen LogP contribution in [-0.2, 0) is 4.74 Å². The van der Waals surface area contributed by atoms with Gasteiger partial charge >= 0.3 is 0 Å². The van der Waals surface area contributed by atoms with Crippen LogP contribution in [0.1, 0.15) is 40.5 Å². The van der Waals surface area contributed by atoms with Gasteiger partial charge in [0.05, 0.1) is 6.10 Å². The maximum Gasteiger partial charge on any atom is 0.135 e. The topological polar surface area (TPSA) is 49.7 Å². The fraction of sp³-hybridized carbons (Fsp3) is 0.625. The van der Waals surface area contributed by atoms with E-state index in [1.807, 2.05) is 45.9 Å². The van der Waals surface area contributed by atoms with Crippen molar-refractivity contribution in [1.82, 2.24) is 0 Å². The first kappa shape index (κ1) is 16.2. The van der Waals surface area contributed by atoms with Crippen LogP contribution in [0.3, 0.4) is 0 Å². The second-order valence-electron chi connectivity index (χ2n) is 5.54. The van der Waals surface area contributed by atoms with Gasteiger partial charge in [0.2, 0.25) is 0 Å². The number of methoxy groups -OCH3 is 1. The second-order valence-corrected chi connectivity index (χ2v) is 5.54. The van der Waals surface area contributed by atoms with Crippen LogP contribution < -0.4 is 0 Å². The third kappa shape index (κ3) is 3.35. The van der Waals surface area contributed by atoms with Gasteiger partial charge in [0.25, 0.3) is 0 Å². The van der Waals surface area contributed by atoms with Crippen molar-refractivity contribution in [2.45, 2.75) is 58.3 Å². The van der Waals surface area contributed by atoms with E-state index in [1.165, 1.54) is 5.57 Å². The van der Waals surface area contributed by atoms with Gasteiger partial charge in [0, 0.05) is 7.11 Å². The molecule has 3 atom stereocenters. The zero-order valence-corrected chi connectivity index (χ0v) is 12.6. The zero-order valence-electron chi connectivity index (χ0n) is 12.6. The van der Waals surface area contributed by atoms with Crippen LogP contribution in [0.4, 0.5) is 0 Å². The fourth-order valence-electron chi connectivity index (χ4n) is 2.46. The Hall–Kier alpha value is -0.900. The van der Waals surface area contributed by atoms with Crippen molar-refractivity contribution in [2.24, 2.45) is 0 Å². The van der Waals surface area contributed by atoms with Crippen LogP contribution in [0.15, 0.2) is 34.9 Å². The number of rotatable bonds is 5. The molecule has 0 spiro atoms. The number of hydrogen-bond acceptors (Lipinski definition) is 3. The Bertz CT molecular complexity index is 402. The van der Waals surface area contributed by atoms with Crippen LogP contribution in [0.25, 0.3) is 0 Å². The SMILES string of the molecule is CO[C@]1([C@H](O)[C@@H](O)CC=C(C)C)C=CCC(C)=C1C. The molecule has 0 saturated heterocycles. The lowest BCUT2D eigenvalue weighted by molar-refractivity contribution is -0.0991. The number of aliphatic hydroxyl groups excluding tert-OH is 2. The van der Waals surface area contributed by atoms with Crippen molar-refractivity contribution in [3.63, 3.8) is 0 Å². The molecule has 3 nitrogen and oxygen atoms in total. The molecule has 0 aliphatic heterocycles. The summed E-state index contributed by atoms with van der Waals surface area (Å²) in [5.74, 6) is 0. The molecule has 19 heavy (non-hydrogen) atoms. The lowest BCUT2D eigenvalue weighted by Crippen LogP contribution is -2.51. The summed E-state index contributed by atoms with van der Waals surface area (Å²) in [6.07, 6.45) is 5.26. The van der Waals surface area contributed by atoms with Crippen molar-refractivity contribution in [3.8, 4) is 0 Å². The van der Waals surface area contributed by atoms with E-state index in [0.29, 0.717) is 6.42 Å². The molecule has 0 aromatic carbocycles. The highest BCUT2D eigenvalue weighted by Gasteiger charge is 2.42. The lowest BCUT2D eigenvalue weighted by Gasteiger charge is -2.40. The van der Waals surface area contributed by atoms with E-state index >= 15 is 0 Å². The summed E-state index contributed by atoms with van der Waals surface area (Å²) in [7, 11) is 1.57. The Morgan fingerprint density at radius 3 is 2.58 bits per heavy atom. The van der Waals surface area contributed by atoms with Gasteiger partial charge in [-0.1, -0.05) is 23.3 Å². The average molecular weight is 266 g/mol. The molecule has 0 saturated carbocycles. The van der Waals surface area contributed by atoms with E-state index in [0.717, 1.165) is 17.6 Å². The molecule has 0 amide bonds. The first-order chi connectivity index (χ1) is 8.85. The van der Waals surface area contributed by atoms with E-state index < -0.39 is 17.8 Å². The van der Waals surface area contributed by atoms with Crippen molar-refractivity contribution < 1.29 is 14.9 Å². The first-order valence-corrected chi connectivity index (χ1v) is 6.74. The highest BCUT2D eigenvalue weighted by molar-refractivity contribution is 5.36. The Labute approximate surface area is 116 Å². The summed E-state index contributed by atoms with van der Waals surface area (Å²) in [6, 6.07) is 0. The van der Waals surface area contributed by atoms with Gasteiger partial charge < -0.3 is 14.9 Å². The number of allylic oxidation sites excluding steroid dienone is 3. The van der Waals surface area contributed by atoms with Crippen molar-refractivity contribution in [2.75, 3.05) is 7.11 Å². The van der Waals surface area contributed by atoms with Crippen molar-refractivity contribution in [1.29, 1.82) is 0 Å². The van der Waals surface area contributed by atoms with E-state index in [2.05, 4.69) is 0 Å². The zero-order chi connectivity index (χ0) is 14.6. The minimum atomic E-state index is -0.973. The Balaban J connectivity index is 2.99. The van der Waals surface area contributed by atoms with Crippen LogP contribution in [-0.4, -0.2) is 35.1 Å². The predicted molar refractivity (Wildman–Crippen MR) is 77.9 cm³/mol. The molecule has 0 bridgehead atoms. The number of hydrogen-bond donors (Lipinski definition) is 2. The highest BCUT2D eigenvalue weighted by Crippen LogP contribution is 2.35. The summed E-state index contributed by atoms with van der Waals surface area (Å²) in [5.41, 5.74) is 2.39. The van der Waals surface area contributed by atoms with Gasteiger partial charge in [0.1, 0.15) is 11.7 Å². The summed E-state index contributed by atoms with van der Waals surface area (Å²) in [4.78, 5) is 0. The van der Waals surface area contributed by atoms with Crippen molar-refractivity contribution in [3.05, 3.63) is 34.9 Å². The Morgan fingerprint density at radius 2 is 2.05 bits per heavy atom. The normalized spacial score (nSPS) is 26.3. The summed E-state index contributed by atoms with van der Waals surface area (Å²) < 4.78 is 5.58. The van der Waals surface area contributed by atoms with Crippen molar-refractivity contribution >= 4 is 0 Å². The first-order valence-electron chi connectivity index (χ1n) is 6.74. The summed E-state index contributed by atoms with van der Waals surface area (Å²) in [6.45, 7) is 7.93. The quantitative estimate of drug-likeness (QED) is 0.752. The maximum absolute atomic E-state index is 10.5. The van der Waals surface area contributed by atoms with E-state index in [9.17, 15) is 10.2 Å². The van der Waals surface area contributed by atoms with E-state index in [1.54, 1.807) is 7.11 Å². The van der Waals surface area contributed by atoms with E-state index in [4.69, 9.17) is 4.74 Å². The average Bonchev–Trinajstić information content (AvgIpc) is 2.38. The van der Waals surface area contributed by atoms with Gasteiger partial charge in [-0.15, -0.1) is 0 Å². The smallest absolute Gasteiger partial charge is 0.135 e. The third-order valence-electron chi connectivity index (χ3n) is 3.92. The third-order valence-corrected chi connectivity index (χ3v) is 3.92. The Kier molecular flexibility index (Phi) is 5.53. The second kappa shape index (κ2) is 6.51. The fourth-order valence-corrected chi connectivity index (χ4v) is 2.46. The molecule has 0 radical (unpaired) electrons. The molecule has 0 aromatic heterocycles. The molecular formula is C16H26O3. The minimum Gasteiger partial charge on any atom is -0.390 e. The highest BCUT2D eigenvalue weighted by atomic mass is 16.5. The van der Waals surface area contributed by atoms with Gasteiger partial charge in [-0.3, -0.25) is 0 Å². The van der Waals surface area contributed by atoms with Gasteiger partial charge in [0.15, 0.2) is 0 Å². The minimum absolute atomic E-state index is 0.425. The summed E-state index contributed by atoms with van der Waals surface area (Å²) in [5, 5.41) is 20.7. The van der Waals surface area contributed by atoms with Gasteiger partial charge in [-0.2, -0.15) is 0 Å². The molecule has 108 valence electrons. The lowest BCUT2D eigenvalue weighted by atomic mass is 9.78. The number of ether oxygens (including phenoxy) is 1. The summed E-state index contributed by atoms with van der Waals surface area (Å²) >= 11 is 0. The molecule has 0 unspecified atom stereocenters. The molecule has 3 heteroatoms. The molecule has 0 fully saturated rings. The molecule has 0 aromatic rings. The molecule has 2 N–H and O–H groups in total. The molecule has 0 heterocycles. The largest absolute Gasteiger partial charge is 0.390 e. The Morgan fingerprint density at radius 1 is 1.42 bits per heavy atom. The van der Waals surface area contributed by atoms with Crippen LogP contribution in [0.5, 0.6) is 0 Å². The standard InChI is InChI=1S/C16H26O3/c1-11(2)8-9-14(17)15(18)16(19-5)10-6-7-12(3)13(16)4/h6,8,10,14-15,17-18H,7,9H2,1-5H3/t14-,15+,16+/m0/s1. The molecule has 1 aliphatic rings. The van der Waals surface area contributed by atoms with Gasteiger partial charge in [-0.25, -0.2) is 0 Å². The van der Waals surface area contributed by atoms with Crippen LogP contribution in [0.2, 0.25) is 0 Å². The maximum atomic E-state index is 10.5. The molecule has 1 aliphatic carbocycles. The predicted octanol–water partition coefficient (Wildman–Crippen LogP) is 2.75. The van der Waals surface area contributed by atoms with E-state index in [-0.39, 0.29) is 0 Å².